The molecule has 0 aromatic heterocycles. The Morgan fingerprint density at radius 1 is 1.12 bits per heavy atom. The van der Waals surface area contributed by atoms with Crippen molar-refractivity contribution in [2.75, 3.05) is 26.2 Å². The fraction of sp³-hybridized carbons (Fsp3) is 0.400. The number of nitrogens with one attached hydrogen (secondary N) is 3. The normalized spacial score (nSPS) is 9.96. The number of hydrogen-bond donors (Lipinski definition) is 3. The third-order valence-corrected chi connectivity index (χ3v) is 3.49. The van der Waals surface area contributed by atoms with Gasteiger partial charge in [0.05, 0.1) is 12.2 Å². The molecule has 0 aliphatic rings. The molecule has 7 nitrogen and oxygen atoms in total. The number of alkyl carbamates (subject to hydrolysis) is 1. The maximum atomic E-state index is 13.1. The van der Waals surface area contributed by atoms with Crippen molar-refractivity contribution >= 4 is 33.8 Å². The minimum absolute atomic E-state index is 0.0675. The van der Waals surface area contributed by atoms with Gasteiger partial charge in [-0.25, -0.2) is 9.18 Å². The third kappa shape index (κ3) is 7.40. The van der Waals surface area contributed by atoms with E-state index in [1.165, 1.54) is 12.1 Å². The lowest BCUT2D eigenvalue weighted by Crippen LogP contribution is -2.36. The highest BCUT2D eigenvalue weighted by Gasteiger charge is 2.11. The smallest absolute Gasteiger partial charge is 0.407 e. The van der Waals surface area contributed by atoms with E-state index in [0.29, 0.717) is 4.47 Å². The van der Waals surface area contributed by atoms with E-state index in [9.17, 15) is 18.8 Å². The van der Waals surface area contributed by atoms with Crippen LogP contribution in [0.3, 0.4) is 0 Å². The van der Waals surface area contributed by atoms with Crippen molar-refractivity contribution in [3.05, 3.63) is 34.1 Å². The lowest BCUT2D eigenvalue weighted by atomic mass is 10.2. The molecule has 0 saturated heterocycles. The summed E-state index contributed by atoms with van der Waals surface area (Å²) in [6.07, 6.45) is -0.474. The highest BCUT2D eigenvalue weighted by Crippen LogP contribution is 2.17. The van der Waals surface area contributed by atoms with Gasteiger partial charge in [-0.3, -0.25) is 9.59 Å². The van der Waals surface area contributed by atoms with E-state index in [4.69, 9.17) is 0 Å². The van der Waals surface area contributed by atoms with E-state index in [2.05, 4.69) is 36.6 Å². The van der Waals surface area contributed by atoms with Crippen molar-refractivity contribution in [2.24, 2.45) is 0 Å². The topological polar surface area (TPSA) is 96.5 Å². The van der Waals surface area contributed by atoms with Crippen LogP contribution in [0.25, 0.3) is 0 Å². The van der Waals surface area contributed by atoms with E-state index in [0.717, 1.165) is 6.07 Å². The van der Waals surface area contributed by atoms with Crippen molar-refractivity contribution in [1.29, 1.82) is 0 Å². The predicted octanol–water partition coefficient (Wildman–Crippen LogP) is 1.57. The van der Waals surface area contributed by atoms with Crippen LogP contribution in [0, 0.1) is 5.82 Å². The number of hydrogen-bond acceptors (Lipinski definition) is 4. The van der Waals surface area contributed by atoms with Gasteiger partial charge in [-0.05, 0) is 41.1 Å². The standard InChI is InChI=1S/C15H19BrFN3O4/c1-2-24-15(23)20-8-7-18-13(21)5-6-19-14(22)11-9-10(17)3-4-12(11)16/h3-4,9H,2,5-8H2,1H3,(H,18,21)(H,19,22)(H,20,23). The minimum atomic E-state index is -0.542. The second-order valence-corrected chi connectivity index (χ2v) is 5.48. The van der Waals surface area contributed by atoms with Gasteiger partial charge >= 0.3 is 6.09 Å². The van der Waals surface area contributed by atoms with Gasteiger partial charge in [0.15, 0.2) is 0 Å². The van der Waals surface area contributed by atoms with Crippen LogP contribution in [0.4, 0.5) is 9.18 Å². The summed E-state index contributed by atoms with van der Waals surface area (Å²) in [5.74, 6) is -1.27. The van der Waals surface area contributed by atoms with Crippen LogP contribution in [0.2, 0.25) is 0 Å². The summed E-state index contributed by atoms with van der Waals surface area (Å²) in [6, 6.07) is 3.78. The molecule has 0 aliphatic heterocycles. The van der Waals surface area contributed by atoms with Gasteiger partial charge in [-0.1, -0.05) is 0 Å². The SMILES string of the molecule is CCOC(=O)NCCNC(=O)CCNC(=O)c1cc(F)ccc1Br. The van der Waals surface area contributed by atoms with Crippen LogP contribution in [-0.2, 0) is 9.53 Å². The summed E-state index contributed by atoms with van der Waals surface area (Å²) in [4.78, 5) is 34.5. The fourth-order valence-electron chi connectivity index (χ4n) is 1.69. The highest BCUT2D eigenvalue weighted by atomic mass is 79.9. The zero-order chi connectivity index (χ0) is 17.9. The monoisotopic (exact) mass is 403 g/mol. The van der Waals surface area contributed by atoms with Crippen molar-refractivity contribution in [1.82, 2.24) is 16.0 Å². The molecule has 1 aromatic rings. The summed E-state index contributed by atoms with van der Waals surface area (Å²) in [5, 5.41) is 7.58. The summed E-state index contributed by atoms with van der Waals surface area (Å²) in [5.41, 5.74) is 0.161. The van der Waals surface area contributed by atoms with Crippen molar-refractivity contribution in [2.45, 2.75) is 13.3 Å². The largest absolute Gasteiger partial charge is 0.450 e. The Hall–Kier alpha value is -2.16. The molecule has 0 aliphatic carbocycles. The van der Waals surface area contributed by atoms with Crippen LogP contribution in [-0.4, -0.2) is 44.1 Å². The molecule has 0 bridgehead atoms. The van der Waals surface area contributed by atoms with Gasteiger partial charge in [0.1, 0.15) is 5.82 Å². The van der Waals surface area contributed by atoms with Gasteiger partial charge in [0, 0.05) is 30.5 Å². The van der Waals surface area contributed by atoms with Crippen LogP contribution in [0.5, 0.6) is 0 Å². The molecular formula is C15H19BrFN3O4. The molecule has 1 rings (SSSR count). The molecule has 9 heteroatoms. The fourth-order valence-corrected chi connectivity index (χ4v) is 2.12. The van der Waals surface area contributed by atoms with Gasteiger partial charge in [0.2, 0.25) is 5.91 Å². The first-order valence-corrected chi connectivity index (χ1v) is 8.14. The number of carbonyl (C=O) groups is 3. The molecule has 1 aromatic carbocycles. The zero-order valence-corrected chi connectivity index (χ0v) is 14.7. The number of benzene rings is 1. The molecule has 0 heterocycles. The molecule has 0 fully saturated rings. The van der Waals surface area contributed by atoms with Gasteiger partial charge in [-0.2, -0.15) is 0 Å². The Morgan fingerprint density at radius 3 is 2.54 bits per heavy atom. The van der Waals surface area contributed by atoms with E-state index in [-0.39, 0.29) is 44.1 Å². The van der Waals surface area contributed by atoms with Crippen LogP contribution < -0.4 is 16.0 Å². The Labute approximate surface area is 147 Å². The van der Waals surface area contributed by atoms with Crippen molar-refractivity contribution in [3.63, 3.8) is 0 Å². The van der Waals surface area contributed by atoms with E-state index in [1.807, 2.05) is 0 Å². The summed E-state index contributed by atoms with van der Waals surface area (Å²) in [7, 11) is 0. The molecular weight excluding hydrogens is 385 g/mol. The molecule has 0 radical (unpaired) electrons. The Morgan fingerprint density at radius 2 is 1.83 bits per heavy atom. The van der Waals surface area contributed by atoms with E-state index >= 15 is 0 Å². The number of rotatable bonds is 8. The minimum Gasteiger partial charge on any atom is -0.450 e. The van der Waals surface area contributed by atoms with Crippen molar-refractivity contribution < 1.29 is 23.5 Å². The Kier molecular flexibility index (Phi) is 8.77. The predicted molar refractivity (Wildman–Crippen MR) is 89.1 cm³/mol. The molecule has 3 amide bonds. The molecule has 24 heavy (non-hydrogen) atoms. The molecule has 0 unspecified atom stereocenters. The molecule has 132 valence electrons. The van der Waals surface area contributed by atoms with E-state index < -0.39 is 17.8 Å². The maximum absolute atomic E-state index is 13.1. The number of carbonyl (C=O) groups excluding carboxylic acids is 3. The first-order valence-electron chi connectivity index (χ1n) is 7.34. The summed E-state index contributed by atoms with van der Waals surface area (Å²) < 4.78 is 18.3. The van der Waals surface area contributed by atoms with Crippen LogP contribution in [0.15, 0.2) is 22.7 Å². The number of halogens is 2. The number of ether oxygens (including phenoxy) is 1. The molecule has 0 saturated carbocycles. The van der Waals surface area contributed by atoms with Crippen molar-refractivity contribution in [3.8, 4) is 0 Å². The Bertz CT molecular complexity index is 598. The quantitative estimate of drug-likeness (QED) is 0.574. The lowest BCUT2D eigenvalue weighted by Gasteiger charge is -2.08. The molecule has 0 atom stereocenters. The van der Waals surface area contributed by atoms with Gasteiger partial charge < -0.3 is 20.7 Å². The molecule has 0 spiro atoms. The third-order valence-electron chi connectivity index (χ3n) is 2.80. The number of amides is 3. The first kappa shape index (κ1) is 19.9. The van der Waals surface area contributed by atoms with Crippen LogP contribution in [0.1, 0.15) is 23.7 Å². The summed E-state index contributed by atoms with van der Waals surface area (Å²) >= 11 is 3.17. The summed E-state index contributed by atoms with van der Waals surface area (Å²) in [6.45, 7) is 2.57. The molecule has 3 N–H and O–H groups in total. The lowest BCUT2D eigenvalue weighted by molar-refractivity contribution is -0.120. The zero-order valence-electron chi connectivity index (χ0n) is 13.2. The second kappa shape index (κ2) is 10.6. The van der Waals surface area contributed by atoms with Gasteiger partial charge in [0.25, 0.3) is 5.91 Å². The Balaban J connectivity index is 2.22. The maximum Gasteiger partial charge on any atom is 0.407 e. The van der Waals surface area contributed by atoms with Gasteiger partial charge in [-0.15, -0.1) is 0 Å². The average Bonchev–Trinajstić information content (AvgIpc) is 2.54. The first-order chi connectivity index (χ1) is 11.4. The second-order valence-electron chi connectivity index (χ2n) is 4.63. The highest BCUT2D eigenvalue weighted by molar-refractivity contribution is 9.10. The van der Waals surface area contributed by atoms with E-state index in [1.54, 1.807) is 6.92 Å². The van der Waals surface area contributed by atoms with Crippen LogP contribution >= 0.6 is 15.9 Å². The average molecular weight is 404 g/mol.